The first kappa shape index (κ1) is 12.6. The largest absolute Gasteiger partial charge is 0.361 e. The molecule has 0 unspecified atom stereocenters. The van der Waals surface area contributed by atoms with Gasteiger partial charge in [-0.15, -0.1) is 0 Å². The summed E-state index contributed by atoms with van der Waals surface area (Å²) in [4.78, 5) is 22.5. The fourth-order valence-corrected chi connectivity index (χ4v) is 2.58. The summed E-state index contributed by atoms with van der Waals surface area (Å²) < 4.78 is 0. The third-order valence-electron chi connectivity index (χ3n) is 3.67. The maximum Gasteiger partial charge on any atom is 0.259 e. The van der Waals surface area contributed by atoms with Crippen LogP contribution in [0.1, 0.15) is 11.4 Å². The van der Waals surface area contributed by atoms with Gasteiger partial charge in [0.2, 0.25) is 0 Å². The third-order valence-corrected chi connectivity index (χ3v) is 3.67. The van der Waals surface area contributed by atoms with E-state index < -0.39 is 0 Å². The summed E-state index contributed by atoms with van der Waals surface area (Å²) in [5.41, 5.74) is 2.72. The van der Waals surface area contributed by atoms with Crippen molar-refractivity contribution >= 4 is 34.0 Å². The molecular weight excluding hydrogens is 274 g/mol. The Balaban J connectivity index is 1.78. The fourth-order valence-electron chi connectivity index (χ4n) is 2.58. The molecule has 4 heteroatoms. The van der Waals surface area contributed by atoms with Crippen molar-refractivity contribution in [3.8, 4) is 0 Å². The van der Waals surface area contributed by atoms with Gasteiger partial charge in [0.25, 0.3) is 5.56 Å². The van der Waals surface area contributed by atoms with Gasteiger partial charge in [-0.25, -0.2) is 4.98 Å². The van der Waals surface area contributed by atoms with E-state index in [2.05, 4.69) is 21.0 Å². The molecule has 0 aliphatic heterocycles. The fraction of sp³-hybridized carbons (Fsp3) is 0. The Morgan fingerprint density at radius 1 is 0.909 bits per heavy atom. The molecule has 106 valence electrons. The highest BCUT2D eigenvalue weighted by atomic mass is 16.1. The summed E-state index contributed by atoms with van der Waals surface area (Å²) in [6.45, 7) is 0. The molecule has 0 atom stereocenters. The first-order valence-corrected chi connectivity index (χ1v) is 7.04. The highest BCUT2D eigenvalue weighted by Gasteiger charge is 2.02. The van der Waals surface area contributed by atoms with Crippen LogP contribution in [0.5, 0.6) is 0 Å². The van der Waals surface area contributed by atoms with Gasteiger partial charge in [0, 0.05) is 17.1 Å². The van der Waals surface area contributed by atoms with Crippen LogP contribution >= 0.6 is 0 Å². The molecule has 0 saturated heterocycles. The number of nitrogens with zero attached hydrogens (tertiary/aromatic N) is 1. The number of H-pyrrole nitrogens is 2. The van der Waals surface area contributed by atoms with Crippen molar-refractivity contribution in [2.75, 3.05) is 0 Å². The van der Waals surface area contributed by atoms with E-state index in [0.29, 0.717) is 16.7 Å². The molecule has 2 heterocycles. The second kappa shape index (κ2) is 5.00. The highest BCUT2D eigenvalue weighted by Crippen LogP contribution is 2.19. The standard InChI is InChI=1S/C18H13N3O/c22-18-14-6-2-4-8-16(14)20-17(21-18)10-9-12-11-19-15-7-3-1-5-13(12)15/h1-11,19H,(H,20,21,22). The van der Waals surface area contributed by atoms with E-state index in [1.165, 1.54) is 0 Å². The summed E-state index contributed by atoms with van der Waals surface area (Å²) in [5.74, 6) is 0.550. The van der Waals surface area contributed by atoms with Gasteiger partial charge >= 0.3 is 0 Å². The van der Waals surface area contributed by atoms with Gasteiger partial charge in [0.05, 0.1) is 10.9 Å². The molecule has 2 N–H and O–H groups in total. The van der Waals surface area contributed by atoms with Gasteiger partial charge in [-0.2, -0.15) is 0 Å². The minimum absolute atomic E-state index is 0.121. The van der Waals surface area contributed by atoms with Crippen LogP contribution in [0, 0.1) is 0 Å². The van der Waals surface area contributed by atoms with Crippen LogP contribution < -0.4 is 5.56 Å². The minimum Gasteiger partial charge on any atom is -0.361 e. The van der Waals surface area contributed by atoms with Crippen molar-refractivity contribution in [2.45, 2.75) is 0 Å². The smallest absolute Gasteiger partial charge is 0.259 e. The monoisotopic (exact) mass is 287 g/mol. The summed E-state index contributed by atoms with van der Waals surface area (Å²) in [7, 11) is 0. The Morgan fingerprint density at radius 3 is 2.59 bits per heavy atom. The number of benzene rings is 2. The lowest BCUT2D eigenvalue weighted by Crippen LogP contribution is -2.09. The van der Waals surface area contributed by atoms with Crippen LogP contribution in [0.2, 0.25) is 0 Å². The van der Waals surface area contributed by atoms with E-state index in [-0.39, 0.29) is 5.56 Å². The van der Waals surface area contributed by atoms with Crippen LogP contribution in [0.4, 0.5) is 0 Å². The van der Waals surface area contributed by atoms with Crippen molar-refractivity contribution in [2.24, 2.45) is 0 Å². The Bertz CT molecular complexity index is 1060. The van der Waals surface area contributed by atoms with Gasteiger partial charge in [-0.05, 0) is 35.9 Å². The first-order chi connectivity index (χ1) is 10.8. The second-order valence-electron chi connectivity index (χ2n) is 5.09. The molecule has 0 bridgehead atoms. The Kier molecular flexibility index (Phi) is 2.86. The first-order valence-electron chi connectivity index (χ1n) is 7.04. The number of hydrogen-bond acceptors (Lipinski definition) is 2. The van der Waals surface area contributed by atoms with Gasteiger partial charge < -0.3 is 9.97 Å². The molecule has 0 saturated carbocycles. The van der Waals surface area contributed by atoms with Crippen LogP contribution in [0.3, 0.4) is 0 Å². The van der Waals surface area contributed by atoms with Crippen molar-refractivity contribution in [3.05, 3.63) is 76.5 Å². The summed E-state index contributed by atoms with van der Waals surface area (Å²) in [6, 6.07) is 15.4. The predicted molar refractivity (Wildman–Crippen MR) is 89.6 cm³/mol. The predicted octanol–water partition coefficient (Wildman–Crippen LogP) is 3.57. The van der Waals surface area contributed by atoms with Gasteiger partial charge in [0.15, 0.2) is 0 Å². The Morgan fingerprint density at radius 2 is 1.68 bits per heavy atom. The number of aromatic nitrogens is 3. The molecule has 0 aliphatic carbocycles. The Hall–Kier alpha value is -3.14. The number of para-hydroxylation sites is 2. The van der Waals surface area contributed by atoms with E-state index in [1.54, 1.807) is 6.07 Å². The summed E-state index contributed by atoms with van der Waals surface area (Å²) >= 11 is 0. The molecule has 4 nitrogen and oxygen atoms in total. The average Bonchev–Trinajstić information content (AvgIpc) is 2.96. The van der Waals surface area contributed by atoms with E-state index in [4.69, 9.17) is 0 Å². The number of aromatic amines is 2. The average molecular weight is 287 g/mol. The lowest BCUT2D eigenvalue weighted by Gasteiger charge is -1.98. The molecule has 4 rings (SSSR count). The molecule has 0 spiro atoms. The molecule has 0 amide bonds. The van der Waals surface area contributed by atoms with E-state index in [0.717, 1.165) is 16.5 Å². The SMILES string of the molecule is O=c1[nH]c(C=Cc2c[nH]c3ccccc23)nc2ccccc12. The van der Waals surface area contributed by atoms with Gasteiger partial charge in [-0.1, -0.05) is 30.3 Å². The van der Waals surface area contributed by atoms with Gasteiger partial charge in [-0.3, -0.25) is 4.79 Å². The minimum atomic E-state index is -0.121. The lowest BCUT2D eigenvalue weighted by molar-refractivity contribution is 1.14. The van der Waals surface area contributed by atoms with E-state index >= 15 is 0 Å². The van der Waals surface area contributed by atoms with Crippen molar-refractivity contribution in [1.29, 1.82) is 0 Å². The zero-order valence-electron chi connectivity index (χ0n) is 11.7. The molecule has 22 heavy (non-hydrogen) atoms. The number of hydrogen-bond donors (Lipinski definition) is 2. The van der Waals surface area contributed by atoms with Crippen molar-refractivity contribution in [3.63, 3.8) is 0 Å². The second-order valence-corrected chi connectivity index (χ2v) is 5.09. The number of rotatable bonds is 2. The molecule has 0 radical (unpaired) electrons. The molecule has 2 aromatic heterocycles. The van der Waals surface area contributed by atoms with Crippen LogP contribution in [-0.4, -0.2) is 15.0 Å². The van der Waals surface area contributed by atoms with Gasteiger partial charge in [0.1, 0.15) is 5.82 Å². The molecular formula is C18H13N3O. The molecule has 0 aliphatic rings. The van der Waals surface area contributed by atoms with Crippen LogP contribution in [0.15, 0.2) is 59.5 Å². The van der Waals surface area contributed by atoms with Crippen molar-refractivity contribution in [1.82, 2.24) is 15.0 Å². The molecule has 2 aromatic carbocycles. The molecule has 4 aromatic rings. The van der Waals surface area contributed by atoms with Crippen molar-refractivity contribution < 1.29 is 0 Å². The molecule has 0 fully saturated rings. The van der Waals surface area contributed by atoms with E-state index in [9.17, 15) is 4.79 Å². The normalized spacial score (nSPS) is 11.6. The number of nitrogens with one attached hydrogen (secondary N) is 2. The Labute approximate surface area is 126 Å². The maximum atomic E-state index is 12.0. The highest BCUT2D eigenvalue weighted by molar-refractivity contribution is 5.91. The topological polar surface area (TPSA) is 61.5 Å². The maximum absolute atomic E-state index is 12.0. The zero-order valence-corrected chi connectivity index (χ0v) is 11.7. The quantitative estimate of drug-likeness (QED) is 0.592. The summed E-state index contributed by atoms with van der Waals surface area (Å²) in [5, 5.41) is 1.74. The lowest BCUT2D eigenvalue weighted by atomic mass is 10.1. The van der Waals surface area contributed by atoms with E-state index in [1.807, 2.05) is 54.7 Å². The summed E-state index contributed by atoms with van der Waals surface area (Å²) in [6.07, 6.45) is 5.72. The third kappa shape index (κ3) is 2.11. The van der Waals surface area contributed by atoms with Crippen LogP contribution in [0.25, 0.3) is 34.0 Å². The number of fused-ring (bicyclic) bond motifs is 2. The zero-order chi connectivity index (χ0) is 14.9. The van der Waals surface area contributed by atoms with Crippen LogP contribution in [-0.2, 0) is 0 Å².